The van der Waals surface area contributed by atoms with Gasteiger partial charge in [-0.2, -0.15) is 4.57 Å². The maximum atomic E-state index is 13.3. The van der Waals surface area contributed by atoms with Crippen LogP contribution in [0.25, 0.3) is 0 Å². The van der Waals surface area contributed by atoms with Crippen LogP contribution in [0.3, 0.4) is 0 Å². The molecule has 2 heterocycles. The molecular weight excluding hydrogens is 596 g/mol. The summed E-state index contributed by atoms with van der Waals surface area (Å²) in [5.41, 5.74) is -0.738. The molecule has 4 aromatic rings. The van der Waals surface area contributed by atoms with Crippen molar-refractivity contribution in [3.8, 4) is 0 Å². The molecule has 46 heavy (non-hydrogen) atoms. The summed E-state index contributed by atoms with van der Waals surface area (Å²) in [6.07, 6.45) is -2.69. The highest BCUT2D eigenvalue weighted by Gasteiger charge is 2.37. The van der Waals surface area contributed by atoms with Crippen molar-refractivity contribution in [3.63, 3.8) is 0 Å². The summed E-state index contributed by atoms with van der Waals surface area (Å²) in [6, 6.07) is 24.6. The Hall–Kier alpha value is -5.17. The van der Waals surface area contributed by atoms with Crippen LogP contribution in [0.4, 0.5) is 0 Å². The Morgan fingerprint density at radius 2 is 1.41 bits per heavy atom. The van der Waals surface area contributed by atoms with Gasteiger partial charge in [0.15, 0.2) is 6.10 Å². The summed E-state index contributed by atoms with van der Waals surface area (Å²) < 4.78 is 24.3. The molecular formula is C34H32N2O10. The van der Waals surface area contributed by atoms with E-state index in [0.29, 0.717) is 15.7 Å². The first-order valence-corrected chi connectivity index (χ1v) is 14.6. The first-order chi connectivity index (χ1) is 22.2. The van der Waals surface area contributed by atoms with Gasteiger partial charge in [0.05, 0.1) is 30.4 Å². The Bertz CT molecular complexity index is 1790. The Morgan fingerprint density at radius 3 is 2.02 bits per heavy atom. The second-order valence-electron chi connectivity index (χ2n) is 10.6. The molecule has 0 spiro atoms. The van der Waals surface area contributed by atoms with E-state index in [9.17, 15) is 29.1 Å². The molecule has 12 nitrogen and oxygen atoms in total. The number of carbonyl (C=O) groups is 3. The topological polar surface area (TPSA) is 152 Å². The van der Waals surface area contributed by atoms with Crippen LogP contribution in [0.5, 0.6) is 0 Å². The van der Waals surface area contributed by atoms with E-state index in [2.05, 4.69) is 0 Å². The van der Waals surface area contributed by atoms with Gasteiger partial charge in [-0.05, 0) is 43.3 Å². The SMILES string of the molecule is Cc1cn([C@H]2C[C@H](O)[C@@H](COCC(COC(=O)c3ccccc3)OC(=O)c3ccccc3)O2)c(=O)n(C(=O)c2ccccc2)c1=O. The number of aliphatic hydroxyl groups is 1. The predicted octanol–water partition coefficient (Wildman–Crippen LogP) is 2.75. The standard InChI is InChI=1S/C34H32N2O10/c1-22-18-35(34(42)36(30(22)38)31(39)23-11-5-2-6-12-23)29-17-27(37)28(46-29)21-43-19-26(45-33(41)25-15-9-4-10-16-25)20-44-32(40)24-13-7-3-8-14-24/h2-16,18,26-29,37H,17,19-21H2,1H3/t26?,27-,28+,29+/m0/s1. The van der Waals surface area contributed by atoms with Crippen molar-refractivity contribution < 1.29 is 38.4 Å². The highest BCUT2D eigenvalue weighted by atomic mass is 16.6. The Balaban J connectivity index is 1.25. The molecule has 1 aliphatic heterocycles. The van der Waals surface area contributed by atoms with Crippen molar-refractivity contribution >= 4 is 17.8 Å². The number of carbonyl (C=O) groups excluding carboxylic acids is 3. The molecule has 1 fully saturated rings. The van der Waals surface area contributed by atoms with E-state index in [4.69, 9.17) is 18.9 Å². The zero-order chi connectivity index (χ0) is 32.6. The number of esters is 2. The van der Waals surface area contributed by atoms with Crippen LogP contribution >= 0.6 is 0 Å². The first-order valence-electron chi connectivity index (χ1n) is 14.6. The molecule has 5 rings (SSSR count). The third kappa shape index (κ3) is 7.54. The molecule has 1 aliphatic rings. The van der Waals surface area contributed by atoms with Crippen molar-refractivity contribution in [2.24, 2.45) is 0 Å². The minimum absolute atomic E-state index is 0.0216. The van der Waals surface area contributed by atoms with Crippen LogP contribution in [0, 0.1) is 6.92 Å². The molecule has 12 heteroatoms. The lowest BCUT2D eigenvalue weighted by Crippen LogP contribution is -2.45. The van der Waals surface area contributed by atoms with Gasteiger partial charge in [0, 0.05) is 23.7 Å². The number of aromatic nitrogens is 2. The highest BCUT2D eigenvalue weighted by molar-refractivity contribution is 5.95. The fourth-order valence-electron chi connectivity index (χ4n) is 4.88. The molecule has 1 unspecified atom stereocenters. The van der Waals surface area contributed by atoms with Gasteiger partial charge in [-0.15, -0.1) is 0 Å². The largest absolute Gasteiger partial charge is 0.458 e. The maximum Gasteiger partial charge on any atom is 0.340 e. The number of aryl methyl sites for hydroxylation is 1. The number of rotatable bonds is 11. The van der Waals surface area contributed by atoms with Crippen LogP contribution in [0.1, 0.15) is 49.3 Å². The van der Waals surface area contributed by atoms with E-state index < -0.39 is 53.6 Å². The third-order valence-electron chi connectivity index (χ3n) is 7.30. The van der Waals surface area contributed by atoms with Gasteiger partial charge in [0.1, 0.15) is 18.9 Å². The number of benzene rings is 3. The molecule has 0 bridgehead atoms. The predicted molar refractivity (Wildman–Crippen MR) is 164 cm³/mol. The zero-order valence-corrected chi connectivity index (χ0v) is 24.9. The molecule has 0 amide bonds. The number of ether oxygens (including phenoxy) is 4. The Kier molecular flexibility index (Phi) is 10.3. The van der Waals surface area contributed by atoms with E-state index in [1.165, 1.54) is 25.3 Å². The fraction of sp³-hybridized carbons (Fsp3) is 0.265. The molecule has 3 aromatic carbocycles. The normalized spacial score (nSPS) is 18.1. The van der Waals surface area contributed by atoms with Crippen molar-refractivity contribution in [3.05, 3.63) is 140 Å². The summed E-state index contributed by atoms with van der Waals surface area (Å²) in [5, 5.41) is 10.7. The first kappa shape index (κ1) is 32.2. The molecule has 4 atom stereocenters. The molecule has 1 N–H and O–H groups in total. The summed E-state index contributed by atoms with van der Waals surface area (Å²) in [7, 11) is 0. The smallest absolute Gasteiger partial charge is 0.340 e. The maximum absolute atomic E-state index is 13.3. The van der Waals surface area contributed by atoms with Crippen LogP contribution in [-0.2, 0) is 18.9 Å². The summed E-state index contributed by atoms with van der Waals surface area (Å²) in [4.78, 5) is 64.4. The fourth-order valence-corrected chi connectivity index (χ4v) is 4.88. The van der Waals surface area contributed by atoms with Crippen molar-refractivity contribution in [2.75, 3.05) is 19.8 Å². The van der Waals surface area contributed by atoms with Gasteiger partial charge in [-0.25, -0.2) is 14.4 Å². The van der Waals surface area contributed by atoms with Gasteiger partial charge in [-0.3, -0.25) is 14.2 Å². The molecule has 0 saturated carbocycles. The Morgan fingerprint density at radius 1 is 0.848 bits per heavy atom. The molecule has 238 valence electrons. The average Bonchev–Trinajstić information content (AvgIpc) is 3.45. The van der Waals surface area contributed by atoms with Crippen LogP contribution in [-0.4, -0.2) is 70.2 Å². The van der Waals surface area contributed by atoms with Crippen molar-refractivity contribution in [2.45, 2.75) is 37.9 Å². The lowest BCUT2D eigenvalue weighted by atomic mass is 10.2. The monoisotopic (exact) mass is 628 g/mol. The number of hydrogen-bond acceptors (Lipinski definition) is 10. The average molecular weight is 629 g/mol. The van der Waals surface area contributed by atoms with Crippen LogP contribution in [0.2, 0.25) is 0 Å². The summed E-state index contributed by atoms with van der Waals surface area (Å²) in [5.74, 6) is -2.03. The van der Waals surface area contributed by atoms with Gasteiger partial charge in [0.25, 0.3) is 11.5 Å². The van der Waals surface area contributed by atoms with Crippen molar-refractivity contribution in [1.29, 1.82) is 0 Å². The summed E-state index contributed by atoms with van der Waals surface area (Å²) in [6.45, 7) is 0.808. The molecule has 1 aromatic heterocycles. The van der Waals surface area contributed by atoms with E-state index in [1.54, 1.807) is 78.9 Å². The van der Waals surface area contributed by atoms with Gasteiger partial charge < -0.3 is 24.1 Å². The second-order valence-corrected chi connectivity index (χ2v) is 10.6. The number of nitrogens with zero attached hydrogens (tertiary/aromatic N) is 2. The van der Waals surface area contributed by atoms with E-state index in [-0.39, 0.29) is 37.4 Å². The lowest BCUT2D eigenvalue weighted by Gasteiger charge is -2.21. The second kappa shape index (κ2) is 14.7. The van der Waals surface area contributed by atoms with Crippen LogP contribution < -0.4 is 11.2 Å². The van der Waals surface area contributed by atoms with E-state index >= 15 is 0 Å². The minimum atomic E-state index is -1.07. The van der Waals surface area contributed by atoms with Crippen LogP contribution in [0.15, 0.2) is 107 Å². The molecule has 0 radical (unpaired) electrons. The lowest BCUT2D eigenvalue weighted by molar-refractivity contribution is -0.0835. The highest BCUT2D eigenvalue weighted by Crippen LogP contribution is 2.28. The van der Waals surface area contributed by atoms with Gasteiger partial charge in [0.2, 0.25) is 0 Å². The van der Waals surface area contributed by atoms with Gasteiger partial charge in [-0.1, -0.05) is 54.6 Å². The molecule has 1 saturated heterocycles. The van der Waals surface area contributed by atoms with Gasteiger partial charge >= 0.3 is 17.6 Å². The van der Waals surface area contributed by atoms with E-state index in [1.807, 2.05) is 0 Å². The number of aliphatic hydroxyl groups excluding tert-OH is 1. The number of hydrogen-bond donors (Lipinski definition) is 1. The quantitative estimate of drug-likeness (QED) is 0.246. The Labute approximate surface area is 263 Å². The summed E-state index contributed by atoms with van der Waals surface area (Å²) >= 11 is 0. The van der Waals surface area contributed by atoms with Crippen molar-refractivity contribution in [1.82, 2.24) is 9.13 Å². The molecule has 0 aliphatic carbocycles. The van der Waals surface area contributed by atoms with E-state index in [0.717, 1.165) is 4.57 Å². The zero-order valence-electron chi connectivity index (χ0n) is 24.9. The minimum Gasteiger partial charge on any atom is -0.458 e. The third-order valence-corrected chi connectivity index (χ3v) is 7.30.